The largest absolute Gasteiger partial charge is 0.378 e. The first-order valence-corrected chi connectivity index (χ1v) is 6.00. The van der Waals surface area contributed by atoms with Crippen molar-refractivity contribution < 1.29 is 9.53 Å². The van der Waals surface area contributed by atoms with Gasteiger partial charge in [0.1, 0.15) is 0 Å². The number of ether oxygens (including phenoxy) is 1. The number of carbonyl (C=O) groups excluding carboxylic acids is 1. The highest BCUT2D eigenvalue weighted by molar-refractivity contribution is 9.10. The van der Waals surface area contributed by atoms with Crippen LogP contribution >= 0.6 is 15.9 Å². The molecular formula is C11H13BrN2O2. The fourth-order valence-electron chi connectivity index (χ4n) is 1.78. The normalized spacial score (nSPS) is 24.4. The fraction of sp³-hybridized carbons (Fsp3) is 0.455. The highest BCUT2D eigenvalue weighted by Crippen LogP contribution is 2.25. The fourth-order valence-corrected chi connectivity index (χ4v) is 2.13. The van der Waals surface area contributed by atoms with E-state index in [4.69, 9.17) is 4.74 Å². The van der Waals surface area contributed by atoms with Crippen LogP contribution in [-0.2, 0) is 9.53 Å². The molecule has 0 radical (unpaired) electrons. The number of carbonyl (C=O) groups is 1. The number of anilines is 1. The van der Waals surface area contributed by atoms with Gasteiger partial charge >= 0.3 is 0 Å². The summed E-state index contributed by atoms with van der Waals surface area (Å²) in [6.45, 7) is 2.59. The van der Waals surface area contributed by atoms with Gasteiger partial charge in [0.05, 0.1) is 22.2 Å². The van der Waals surface area contributed by atoms with Crippen molar-refractivity contribution in [1.29, 1.82) is 0 Å². The molecule has 2 atom stereocenters. The summed E-state index contributed by atoms with van der Waals surface area (Å²) < 4.78 is 6.16. The highest BCUT2D eigenvalue weighted by atomic mass is 79.9. The lowest BCUT2D eigenvalue weighted by Crippen LogP contribution is -2.27. The van der Waals surface area contributed by atoms with E-state index < -0.39 is 0 Å². The van der Waals surface area contributed by atoms with E-state index in [-0.39, 0.29) is 17.9 Å². The van der Waals surface area contributed by atoms with Gasteiger partial charge in [-0.1, -0.05) is 0 Å². The Labute approximate surface area is 103 Å². The lowest BCUT2D eigenvalue weighted by molar-refractivity contribution is -0.121. The van der Waals surface area contributed by atoms with Gasteiger partial charge in [-0.2, -0.15) is 0 Å². The molecule has 1 aliphatic rings. The molecule has 1 fully saturated rings. The molecule has 5 heteroatoms. The summed E-state index contributed by atoms with van der Waals surface area (Å²) in [6, 6.07) is 1.77. The molecular weight excluding hydrogens is 272 g/mol. The van der Waals surface area contributed by atoms with Gasteiger partial charge < -0.3 is 10.1 Å². The van der Waals surface area contributed by atoms with E-state index in [1.54, 1.807) is 18.5 Å². The van der Waals surface area contributed by atoms with E-state index in [2.05, 4.69) is 26.2 Å². The van der Waals surface area contributed by atoms with Gasteiger partial charge in [-0.25, -0.2) is 0 Å². The summed E-state index contributed by atoms with van der Waals surface area (Å²) >= 11 is 3.34. The smallest absolute Gasteiger partial charge is 0.230 e. The van der Waals surface area contributed by atoms with Crippen molar-refractivity contribution in [1.82, 2.24) is 4.98 Å². The third kappa shape index (κ3) is 2.41. The first kappa shape index (κ1) is 11.5. The third-order valence-electron chi connectivity index (χ3n) is 2.74. The summed E-state index contributed by atoms with van der Waals surface area (Å²) in [6.07, 6.45) is 4.09. The van der Waals surface area contributed by atoms with Crippen molar-refractivity contribution >= 4 is 27.5 Å². The van der Waals surface area contributed by atoms with Gasteiger partial charge in [0.2, 0.25) is 5.91 Å². The number of hydrogen-bond acceptors (Lipinski definition) is 3. The van der Waals surface area contributed by atoms with Crippen LogP contribution in [0.15, 0.2) is 22.9 Å². The Morgan fingerprint density at radius 2 is 2.50 bits per heavy atom. The van der Waals surface area contributed by atoms with Crippen LogP contribution in [0, 0.1) is 5.92 Å². The van der Waals surface area contributed by atoms with E-state index in [0.29, 0.717) is 6.61 Å². The molecule has 1 amide bonds. The van der Waals surface area contributed by atoms with Gasteiger partial charge in [-0.05, 0) is 35.3 Å². The average molecular weight is 285 g/mol. The molecule has 1 saturated heterocycles. The molecule has 1 aromatic rings. The van der Waals surface area contributed by atoms with E-state index in [0.717, 1.165) is 16.6 Å². The minimum atomic E-state index is -0.0555. The number of nitrogens with zero attached hydrogens (tertiary/aromatic N) is 1. The molecule has 1 aliphatic heterocycles. The zero-order valence-corrected chi connectivity index (χ0v) is 10.5. The quantitative estimate of drug-likeness (QED) is 0.906. The van der Waals surface area contributed by atoms with Gasteiger partial charge in [0.25, 0.3) is 0 Å². The predicted molar refractivity (Wildman–Crippen MR) is 64.1 cm³/mol. The molecule has 86 valence electrons. The molecule has 2 heterocycles. The lowest BCUT2D eigenvalue weighted by Gasteiger charge is -2.14. The van der Waals surface area contributed by atoms with E-state index in [1.807, 2.05) is 6.92 Å². The van der Waals surface area contributed by atoms with E-state index in [1.165, 1.54) is 0 Å². The maximum Gasteiger partial charge on any atom is 0.230 e. The molecule has 1 N–H and O–H groups in total. The van der Waals surface area contributed by atoms with Crippen molar-refractivity contribution in [2.75, 3.05) is 11.9 Å². The molecule has 2 unspecified atom stereocenters. The number of hydrogen-bond donors (Lipinski definition) is 1. The zero-order valence-electron chi connectivity index (χ0n) is 8.94. The zero-order chi connectivity index (χ0) is 11.5. The summed E-state index contributed by atoms with van der Waals surface area (Å²) in [5, 5.41) is 2.88. The van der Waals surface area contributed by atoms with E-state index in [9.17, 15) is 4.79 Å². The summed E-state index contributed by atoms with van der Waals surface area (Å²) in [5.41, 5.74) is 0.749. The molecule has 2 rings (SSSR count). The van der Waals surface area contributed by atoms with Crippen molar-refractivity contribution in [3.8, 4) is 0 Å². The number of aromatic nitrogens is 1. The second-order valence-corrected chi connectivity index (χ2v) is 4.67. The third-order valence-corrected chi connectivity index (χ3v) is 3.38. The minimum absolute atomic E-state index is 0.000567. The van der Waals surface area contributed by atoms with Crippen LogP contribution in [0.2, 0.25) is 0 Å². The Kier molecular flexibility index (Phi) is 3.56. The first-order valence-electron chi connectivity index (χ1n) is 5.20. The Bertz CT molecular complexity index is 397. The molecule has 0 spiro atoms. The lowest BCUT2D eigenvalue weighted by atomic mass is 10.0. The molecule has 0 aromatic carbocycles. The Morgan fingerprint density at radius 3 is 3.12 bits per heavy atom. The van der Waals surface area contributed by atoms with Gasteiger partial charge in [0.15, 0.2) is 0 Å². The second kappa shape index (κ2) is 4.93. The Hall–Kier alpha value is -0.940. The van der Waals surface area contributed by atoms with Crippen LogP contribution in [0.1, 0.15) is 13.3 Å². The van der Waals surface area contributed by atoms with Gasteiger partial charge in [-0.3, -0.25) is 9.78 Å². The first-order chi connectivity index (χ1) is 7.68. The highest BCUT2D eigenvalue weighted by Gasteiger charge is 2.30. The Morgan fingerprint density at radius 1 is 1.69 bits per heavy atom. The van der Waals surface area contributed by atoms with Crippen molar-refractivity contribution in [3.05, 3.63) is 22.9 Å². The van der Waals surface area contributed by atoms with Gasteiger partial charge in [0, 0.05) is 19.0 Å². The van der Waals surface area contributed by atoms with Crippen LogP contribution in [0.4, 0.5) is 5.69 Å². The molecule has 0 bridgehead atoms. The summed E-state index contributed by atoms with van der Waals surface area (Å²) in [7, 11) is 0. The Balaban J connectivity index is 2.05. The topological polar surface area (TPSA) is 51.2 Å². The molecule has 1 aromatic heterocycles. The summed E-state index contributed by atoms with van der Waals surface area (Å²) in [4.78, 5) is 15.9. The summed E-state index contributed by atoms with van der Waals surface area (Å²) in [5.74, 6) is -0.0445. The molecule has 16 heavy (non-hydrogen) atoms. The van der Waals surface area contributed by atoms with Crippen LogP contribution in [-0.4, -0.2) is 23.6 Å². The number of halogens is 1. The van der Waals surface area contributed by atoms with Gasteiger partial charge in [-0.15, -0.1) is 0 Å². The SMILES string of the molecule is CC1OCCC1C(=O)Nc1ccncc1Br. The number of pyridine rings is 1. The van der Waals surface area contributed by atoms with Crippen LogP contribution in [0.5, 0.6) is 0 Å². The monoisotopic (exact) mass is 284 g/mol. The van der Waals surface area contributed by atoms with Crippen LogP contribution < -0.4 is 5.32 Å². The van der Waals surface area contributed by atoms with Crippen LogP contribution in [0.25, 0.3) is 0 Å². The standard InChI is InChI=1S/C11H13BrN2O2/c1-7-8(3-5-16-7)11(15)14-10-2-4-13-6-9(10)12/h2,4,6-8H,3,5H2,1H3,(H,13,14,15). The predicted octanol–water partition coefficient (Wildman–Crippen LogP) is 2.21. The maximum absolute atomic E-state index is 11.9. The van der Waals surface area contributed by atoms with Crippen molar-refractivity contribution in [2.45, 2.75) is 19.4 Å². The van der Waals surface area contributed by atoms with E-state index >= 15 is 0 Å². The molecule has 0 saturated carbocycles. The van der Waals surface area contributed by atoms with Crippen LogP contribution in [0.3, 0.4) is 0 Å². The number of amides is 1. The number of nitrogens with one attached hydrogen (secondary N) is 1. The second-order valence-electron chi connectivity index (χ2n) is 3.82. The number of rotatable bonds is 2. The van der Waals surface area contributed by atoms with Crippen molar-refractivity contribution in [2.24, 2.45) is 5.92 Å². The molecule has 0 aliphatic carbocycles. The molecule has 4 nitrogen and oxygen atoms in total. The van der Waals surface area contributed by atoms with Crippen molar-refractivity contribution in [3.63, 3.8) is 0 Å². The maximum atomic E-state index is 11.9. The minimum Gasteiger partial charge on any atom is -0.378 e. The average Bonchev–Trinajstić information content (AvgIpc) is 2.68.